The van der Waals surface area contributed by atoms with Crippen LogP contribution in [-0.2, 0) is 20.9 Å². The molecule has 0 bridgehead atoms. The Morgan fingerprint density at radius 1 is 0.977 bits per heavy atom. The van der Waals surface area contributed by atoms with Crippen LogP contribution >= 0.6 is 0 Å². The molecule has 6 rings (SSSR count). The normalized spacial score (nSPS) is 16.3. The fourth-order valence-corrected chi connectivity index (χ4v) is 6.27. The monoisotopic (exact) mass is 585 g/mol. The number of halogens is 2. The SMILES string of the molecule is O=C(O)C=Cc1cc(C2CCCCC2)c(-c2ccc3nc(-c4ccc(F)cc4F)ccc3c2)n1CC(=O)N1CCOCC1. The van der Waals surface area contributed by atoms with Crippen LogP contribution in [0.15, 0.2) is 60.7 Å². The van der Waals surface area contributed by atoms with Crippen LogP contribution in [0.5, 0.6) is 0 Å². The van der Waals surface area contributed by atoms with Gasteiger partial charge in [-0.1, -0.05) is 31.4 Å². The Kier molecular flexibility index (Phi) is 8.33. The molecule has 222 valence electrons. The minimum atomic E-state index is -1.06. The van der Waals surface area contributed by atoms with Crippen molar-refractivity contribution in [1.82, 2.24) is 14.5 Å². The largest absolute Gasteiger partial charge is 0.478 e. The van der Waals surface area contributed by atoms with Crippen LogP contribution in [0.2, 0.25) is 0 Å². The van der Waals surface area contributed by atoms with Crippen LogP contribution in [-0.4, -0.2) is 57.7 Å². The number of carboxylic acid groups (broad SMARTS) is 1. The van der Waals surface area contributed by atoms with Gasteiger partial charge in [-0.2, -0.15) is 0 Å². The van der Waals surface area contributed by atoms with Crippen LogP contribution in [0.4, 0.5) is 8.78 Å². The molecule has 1 aliphatic carbocycles. The number of nitrogens with zero attached hydrogens (tertiary/aromatic N) is 3. The first-order valence-electron chi connectivity index (χ1n) is 14.7. The second-order valence-corrected chi connectivity index (χ2v) is 11.2. The van der Waals surface area contributed by atoms with Crippen molar-refractivity contribution in [3.8, 4) is 22.5 Å². The molecule has 0 radical (unpaired) electrons. The molecule has 2 fully saturated rings. The van der Waals surface area contributed by atoms with E-state index in [9.17, 15) is 23.5 Å². The number of carbonyl (C=O) groups is 2. The molecule has 0 atom stereocenters. The summed E-state index contributed by atoms with van der Waals surface area (Å²) in [5.41, 5.74) is 4.84. The Morgan fingerprint density at radius 3 is 2.51 bits per heavy atom. The molecule has 0 unspecified atom stereocenters. The molecule has 7 nitrogen and oxygen atoms in total. The number of carboxylic acids is 1. The number of aliphatic carboxylic acids is 1. The van der Waals surface area contributed by atoms with Crippen LogP contribution in [0.3, 0.4) is 0 Å². The van der Waals surface area contributed by atoms with E-state index in [0.717, 1.165) is 60.0 Å². The predicted octanol–water partition coefficient (Wildman–Crippen LogP) is 6.65. The molecule has 1 saturated carbocycles. The van der Waals surface area contributed by atoms with E-state index in [-0.39, 0.29) is 23.9 Å². The highest BCUT2D eigenvalue weighted by molar-refractivity contribution is 5.89. The van der Waals surface area contributed by atoms with E-state index in [2.05, 4.69) is 4.98 Å². The summed E-state index contributed by atoms with van der Waals surface area (Å²) in [7, 11) is 0. The molecule has 1 saturated heterocycles. The van der Waals surface area contributed by atoms with Crippen molar-refractivity contribution in [2.75, 3.05) is 26.3 Å². The minimum Gasteiger partial charge on any atom is -0.478 e. The summed E-state index contributed by atoms with van der Waals surface area (Å²) in [6, 6.07) is 14.9. The minimum absolute atomic E-state index is 0.0475. The van der Waals surface area contributed by atoms with E-state index >= 15 is 0 Å². The molecule has 1 amide bonds. The van der Waals surface area contributed by atoms with E-state index in [1.54, 1.807) is 17.0 Å². The number of hydrogen-bond acceptors (Lipinski definition) is 4. The van der Waals surface area contributed by atoms with Gasteiger partial charge in [0.25, 0.3) is 0 Å². The number of pyridine rings is 1. The molecule has 1 aliphatic heterocycles. The van der Waals surface area contributed by atoms with Gasteiger partial charge in [0, 0.05) is 41.9 Å². The molecule has 43 heavy (non-hydrogen) atoms. The molecule has 9 heteroatoms. The number of hydrogen-bond donors (Lipinski definition) is 1. The fraction of sp³-hybridized carbons (Fsp3) is 0.324. The molecule has 2 aromatic heterocycles. The van der Waals surface area contributed by atoms with Gasteiger partial charge in [0.2, 0.25) is 5.91 Å². The van der Waals surface area contributed by atoms with Crippen LogP contribution in [0.25, 0.3) is 39.5 Å². The summed E-state index contributed by atoms with van der Waals surface area (Å²) < 4.78 is 35.3. The van der Waals surface area contributed by atoms with Crippen molar-refractivity contribution in [2.24, 2.45) is 0 Å². The summed E-state index contributed by atoms with van der Waals surface area (Å²) in [6.45, 7) is 2.09. The Bertz CT molecular complexity index is 1700. The van der Waals surface area contributed by atoms with E-state index in [4.69, 9.17) is 4.74 Å². The number of amides is 1. The van der Waals surface area contributed by atoms with Crippen molar-refractivity contribution < 1.29 is 28.2 Å². The molecule has 2 aromatic carbocycles. The average Bonchev–Trinajstić information content (AvgIpc) is 3.38. The number of fused-ring (bicyclic) bond motifs is 1. The molecule has 4 aromatic rings. The Morgan fingerprint density at radius 2 is 1.77 bits per heavy atom. The van der Waals surface area contributed by atoms with Gasteiger partial charge in [-0.25, -0.2) is 18.6 Å². The summed E-state index contributed by atoms with van der Waals surface area (Å²) in [6.07, 6.45) is 8.15. The lowest BCUT2D eigenvalue weighted by Gasteiger charge is -2.28. The number of aromatic nitrogens is 2. The number of carbonyl (C=O) groups excluding carboxylic acids is 1. The lowest BCUT2D eigenvalue weighted by atomic mass is 9.83. The van der Waals surface area contributed by atoms with Gasteiger partial charge in [0.15, 0.2) is 0 Å². The summed E-state index contributed by atoms with van der Waals surface area (Å²) in [4.78, 5) is 31.4. The second kappa shape index (κ2) is 12.5. The maximum atomic E-state index is 14.5. The molecular weight excluding hydrogens is 552 g/mol. The Labute approximate surface area is 248 Å². The zero-order chi connectivity index (χ0) is 29.9. The van der Waals surface area contributed by atoms with E-state index in [0.29, 0.717) is 43.2 Å². The molecule has 2 aliphatic rings. The Balaban J connectivity index is 1.46. The Hall–Kier alpha value is -4.37. The third kappa shape index (κ3) is 6.22. The van der Waals surface area contributed by atoms with E-state index < -0.39 is 17.6 Å². The van der Waals surface area contributed by atoms with Gasteiger partial charge in [0.1, 0.15) is 18.2 Å². The van der Waals surface area contributed by atoms with Gasteiger partial charge in [-0.15, -0.1) is 0 Å². The molecule has 0 spiro atoms. The molecular formula is C34H33F2N3O4. The van der Waals surface area contributed by atoms with Crippen LogP contribution in [0, 0.1) is 11.6 Å². The maximum Gasteiger partial charge on any atom is 0.328 e. The first-order valence-corrected chi connectivity index (χ1v) is 14.7. The van der Waals surface area contributed by atoms with Crippen LogP contribution < -0.4 is 0 Å². The maximum absolute atomic E-state index is 14.5. The highest BCUT2D eigenvalue weighted by atomic mass is 19.1. The zero-order valence-electron chi connectivity index (χ0n) is 23.8. The summed E-state index contributed by atoms with van der Waals surface area (Å²) in [5, 5.41) is 10.2. The number of rotatable bonds is 7. The highest BCUT2D eigenvalue weighted by Crippen LogP contribution is 2.41. The fourth-order valence-electron chi connectivity index (χ4n) is 6.27. The summed E-state index contributed by atoms with van der Waals surface area (Å²) in [5.74, 6) is -2.14. The second-order valence-electron chi connectivity index (χ2n) is 11.2. The molecule has 1 N–H and O–H groups in total. The quantitative estimate of drug-likeness (QED) is 0.246. The lowest BCUT2D eigenvalue weighted by Crippen LogP contribution is -2.42. The first kappa shape index (κ1) is 28.7. The van der Waals surface area contributed by atoms with Crippen molar-refractivity contribution in [3.05, 3.63) is 83.6 Å². The third-order valence-electron chi connectivity index (χ3n) is 8.43. The van der Waals surface area contributed by atoms with Crippen molar-refractivity contribution in [3.63, 3.8) is 0 Å². The standard InChI is InChI=1S/C34H33F2N3O4/c35-25-8-10-27(29(36)19-25)31-12-6-23-18-24(7-11-30(23)37-31)34-28(22-4-2-1-3-5-22)20-26(9-13-33(41)42)39(34)21-32(40)38-14-16-43-17-15-38/h6-13,18-20,22H,1-5,14-17,21H2,(H,41,42). The summed E-state index contributed by atoms with van der Waals surface area (Å²) >= 11 is 0. The smallest absolute Gasteiger partial charge is 0.328 e. The van der Waals surface area contributed by atoms with E-state index in [1.807, 2.05) is 34.9 Å². The van der Waals surface area contributed by atoms with Gasteiger partial charge in [0.05, 0.1) is 30.1 Å². The lowest BCUT2D eigenvalue weighted by molar-refractivity contribution is -0.136. The van der Waals surface area contributed by atoms with Gasteiger partial charge < -0.3 is 19.3 Å². The van der Waals surface area contributed by atoms with Gasteiger partial charge in [-0.05, 0) is 72.4 Å². The topological polar surface area (TPSA) is 84.7 Å². The number of morpholine rings is 1. The number of ether oxygens (including phenoxy) is 1. The van der Waals surface area contributed by atoms with Crippen molar-refractivity contribution in [2.45, 2.75) is 44.6 Å². The highest BCUT2D eigenvalue weighted by Gasteiger charge is 2.27. The van der Waals surface area contributed by atoms with Gasteiger partial charge >= 0.3 is 5.97 Å². The third-order valence-corrected chi connectivity index (χ3v) is 8.43. The van der Waals surface area contributed by atoms with Crippen molar-refractivity contribution >= 4 is 28.9 Å². The van der Waals surface area contributed by atoms with Crippen LogP contribution in [0.1, 0.15) is 49.3 Å². The average molecular weight is 586 g/mol. The first-order chi connectivity index (χ1) is 20.9. The zero-order valence-corrected chi connectivity index (χ0v) is 23.8. The molecule has 3 heterocycles. The predicted molar refractivity (Wildman–Crippen MR) is 160 cm³/mol. The van der Waals surface area contributed by atoms with Crippen molar-refractivity contribution in [1.29, 1.82) is 0 Å². The van der Waals surface area contributed by atoms with E-state index in [1.165, 1.54) is 18.6 Å². The van der Waals surface area contributed by atoms with Gasteiger partial charge in [-0.3, -0.25) is 4.79 Å². The number of benzene rings is 2.